The molecule has 1 aliphatic rings. The van der Waals surface area contributed by atoms with Gasteiger partial charge < -0.3 is 9.47 Å². The fourth-order valence-electron chi connectivity index (χ4n) is 2.59. The quantitative estimate of drug-likeness (QED) is 0.850. The van der Waals surface area contributed by atoms with Crippen LogP contribution in [0.15, 0.2) is 36.4 Å². The van der Waals surface area contributed by atoms with Crippen LogP contribution in [0.25, 0.3) is 0 Å². The molecule has 23 heavy (non-hydrogen) atoms. The third kappa shape index (κ3) is 3.43. The Morgan fingerprint density at radius 2 is 2.04 bits per heavy atom. The van der Waals surface area contributed by atoms with Gasteiger partial charge in [-0.25, -0.2) is 8.78 Å². The van der Waals surface area contributed by atoms with Crippen molar-refractivity contribution < 1.29 is 22.5 Å². The highest BCUT2D eigenvalue weighted by molar-refractivity contribution is 7.84. The van der Waals surface area contributed by atoms with Crippen LogP contribution in [0.4, 0.5) is 8.78 Å². The highest BCUT2D eigenvalue weighted by atomic mass is 32.2. The van der Waals surface area contributed by atoms with Crippen LogP contribution in [0.3, 0.4) is 0 Å². The normalized spacial score (nSPS) is 16.3. The molecule has 3 rings (SSSR count). The van der Waals surface area contributed by atoms with Crippen LogP contribution in [0.1, 0.15) is 28.9 Å². The third-order valence-electron chi connectivity index (χ3n) is 3.79. The van der Waals surface area contributed by atoms with Gasteiger partial charge in [0.05, 0.1) is 17.6 Å². The Bertz CT molecular complexity index is 749. The Balaban J connectivity index is 1.86. The summed E-state index contributed by atoms with van der Waals surface area (Å²) >= 11 is 0. The molecule has 0 amide bonds. The Labute approximate surface area is 135 Å². The number of rotatable bonds is 4. The van der Waals surface area contributed by atoms with Crippen LogP contribution in [0.2, 0.25) is 0 Å². The topological polar surface area (TPSA) is 35.5 Å². The van der Waals surface area contributed by atoms with E-state index in [9.17, 15) is 13.0 Å². The lowest BCUT2D eigenvalue weighted by atomic mass is 10.1. The summed E-state index contributed by atoms with van der Waals surface area (Å²) in [5.41, 5.74) is 1.51. The molecule has 122 valence electrons. The summed E-state index contributed by atoms with van der Waals surface area (Å²) < 4.78 is 50.7. The molecule has 3 nitrogen and oxygen atoms in total. The zero-order valence-electron chi connectivity index (χ0n) is 12.6. The maximum atomic E-state index is 13.8. The molecule has 1 heterocycles. The first-order chi connectivity index (χ1) is 11.1. The summed E-state index contributed by atoms with van der Waals surface area (Å²) in [4.78, 5) is 0. The predicted octanol–water partition coefficient (Wildman–Crippen LogP) is 3.84. The molecule has 2 aromatic rings. The van der Waals surface area contributed by atoms with Gasteiger partial charge in [0, 0.05) is 27.5 Å². The maximum absolute atomic E-state index is 13.8. The smallest absolute Gasteiger partial charge is 0.189 e. The predicted molar refractivity (Wildman–Crippen MR) is 83.3 cm³/mol. The van der Waals surface area contributed by atoms with Crippen molar-refractivity contribution in [3.63, 3.8) is 0 Å². The van der Waals surface area contributed by atoms with Crippen molar-refractivity contribution in [3.8, 4) is 5.75 Å². The summed E-state index contributed by atoms with van der Waals surface area (Å²) in [5, 5.41) is -0.505. The fourth-order valence-corrected chi connectivity index (χ4v) is 3.83. The number of hydrogen-bond donors (Lipinski definition) is 0. The van der Waals surface area contributed by atoms with E-state index in [-0.39, 0.29) is 25.0 Å². The summed E-state index contributed by atoms with van der Waals surface area (Å²) in [5.74, 6) is -0.204. The summed E-state index contributed by atoms with van der Waals surface area (Å²) in [6.45, 7) is 2.04. The van der Waals surface area contributed by atoms with Crippen molar-refractivity contribution in [2.45, 2.75) is 24.5 Å². The van der Waals surface area contributed by atoms with E-state index in [4.69, 9.17) is 9.47 Å². The molecule has 0 saturated heterocycles. The molecule has 1 aliphatic heterocycles. The second-order valence-electron chi connectivity index (χ2n) is 5.35. The van der Waals surface area contributed by atoms with Gasteiger partial charge >= 0.3 is 0 Å². The molecule has 0 radical (unpaired) electrons. The van der Waals surface area contributed by atoms with E-state index in [2.05, 4.69) is 0 Å². The van der Waals surface area contributed by atoms with Crippen molar-refractivity contribution in [2.75, 3.05) is 6.79 Å². The molecule has 0 fully saturated rings. The Kier molecular flexibility index (Phi) is 4.73. The van der Waals surface area contributed by atoms with Crippen LogP contribution in [0.5, 0.6) is 5.75 Å². The summed E-state index contributed by atoms with van der Waals surface area (Å²) in [7, 11) is -1.41. The minimum atomic E-state index is -1.41. The SMILES string of the molecule is CC(c1ccccc1F)S(=O)Cc1cc(F)cc2c1OCOC2. The Hall–Kier alpha value is -1.79. The lowest BCUT2D eigenvalue weighted by Gasteiger charge is -2.21. The monoisotopic (exact) mass is 338 g/mol. The van der Waals surface area contributed by atoms with Crippen molar-refractivity contribution in [2.24, 2.45) is 0 Å². The molecule has 0 aliphatic carbocycles. The lowest BCUT2D eigenvalue weighted by Crippen LogP contribution is -2.15. The van der Waals surface area contributed by atoms with Crippen LogP contribution in [-0.4, -0.2) is 11.0 Å². The molecule has 0 N–H and O–H groups in total. The first-order valence-electron chi connectivity index (χ1n) is 7.19. The molecule has 0 bridgehead atoms. The van der Waals surface area contributed by atoms with E-state index in [1.165, 1.54) is 18.2 Å². The van der Waals surface area contributed by atoms with Crippen molar-refractivity contribution in [1.29, 1.82) is 0 Å². The largest absolute Gasteiger partial charge is 0.467 e. The molecule has 0 spiro atoms. The van der Waals surface area contributed by atoms with Crippen molar-refractivity contribution in [3.05, 3.63) is 64.7 Å². The van der Waals surface area contributed by atoms with Gasteiger partial charge in [0.15, 0.2) is 6.79 Å². The number of ether oxygens (including phenoxy) is 2. The second kappa shape index (κ2) is 6.76. The van der Waals surface area contributed by atoms with Crippen LogP contribution in [-0.2, 0) is 27.9 Å². The van der Waals surface area contributed by atoms with Gasteiger partial charge in [-0.05, 0) is 25.1 Å². The first-order valence-corrected chi connectivity index (χ1v) is 8.58. The van der Waals surface area contributed by atoms with Crippen LogP contribution < -0.4 is 4.74 Å². The third-order valence-corrected chi connectivity index (χ3v) is 5.43. The van der Waals surface area contributed by atoms with Crippen molar-refractivity contribution >= 4 is 10.8 Å². The zero-order valence-corrected chi connectivity index (χ0v) is 13.4. The standard InChI is InChI=1S/C17H16F2O3S/c1-11(15-4-2-3-5-16(15)19)23(20)9-13-7-14(18)6-12-8-21-10-22-17(12)13/h2-7,11H,8-10H2,1H3. The van der Waals surface area contributed by atoms with E-state index >= 15 is 0 Å². The highest BCUT2D eigenvalue weighted by Crippen LogP contribution is 2.32. The van der Waals surface area contributed by atoms with Gasteiger partial charge in [-0.1, -0.05) is 18.2 Å². The molecule has 0 aromatic heterocycles. The van der Waals surface area contributed by atoms with Crippen LogP contribution in [0, 0.1) is 11.6 Å². The zero-order chi connectivity index (χ0) is 16.4. The lowest BCUT2D eigenvalue weighted by molar-refractivity contribution is -0.0171. The number of fused-ring (bicyclic) bond motifs is 1. The first kappa shape index (κ1) is 16.1. The average molecular weight is 338 g/mol. The maximum Gasteiger partial charge on any atom is 0.189 e. The van der Waals surface area contributed by atoms with E-state index in [0.717, 1.165) is 0 Å². The van der Waals surface area contributed by atoms with Crippen molar-refractivity contribution in [1.82, 2.24) is 0 Å². The number of halogens is 2. The summed E-state index contributed by atoms with van der Waals surface area (Å²) in [6, 6.07) is 8.91. The molecular weight excluding hydrogens is 322 g/mol. The summed E-state index contributed by atoms with van der Waals surface area (Å²) in [6.07, 6.45) is 0. The average Bonchev–Trinajstić information content (AvgIpc) is 2.54. The molecular formula is C17H16F2O3S. The highest BCUT2D eigenvalue weighted by Gasteiger charge is 2.22. The Morgan fingerprint density at radius 3 is 2.83 bits per heavy atom. The molecule has 2 atom stereocenters. The van der Waals surface area contributed by atoms with Gasteiger partial charge in [0.1, 0.15) is 17.4 Å². The molecule has 6 heteroatoms. The van der Waals surface area contributed by atoms with Gasteiger partial charge in [0.2, 0.25) is 0 Å². The Morgan fingerprint density at radius 1 is 1.26 bits per heavy atom. The second-order valence-corrected chi connectivity index (χ2v) is 7.11. The van der Waals surface area contributed by atoms with Gasteiger partial charge in [-0.2, -0.15) is 0 Å². The number of hydrogen-bond acceptors (Lipinski definition) is 3. The van der Waals surface area contributed by atoms with Gasteiger partial charge in [0.25, 0.3) is 0 Å². The minimum absolute atomic E-state index is 0.0845. The van der Waals surface area contributed by atoms with Gasteiger partial charge in [-0.15, -0.1) is 0 Å². The van der Waals surface area contributed by atoms with Gasteiger partial charge in [-0.3, -0.25) is 4.21 Å². The molecule has 2 unspecified atom stereocenters. The fraction of sp³-hybridized carbons (Fsp3) is 0.294. The van der Waals surface area contributed by atoms with E-state index < -0.39 is 21.9 Å². The van der Waals surface area contributed by atoms with Crippen LogP contribution >= 0.6 is 0 Å². The minimum Gasteiger partial charge on any atom is -0.467 e. The number of benzene rings is 2. The molecule has 0 saturated carbocycles. The van der Waals surface area contributed by atoms with E-state index in [0.29, 0.717) is 22.4 Å². The van der Waals surface area contributed by atoms with E-state index in [1.807, 2.05) is 0 Å². The molecule has 2 aromatic carbocycles. The van der Waals surface area contributed by atoms with E-state index in [1.54, 1.807) is 25.1 Å².